The van der Waals surface area contributed by atoms with E-state index < -0.39 is 6.10 Å². The summed E-state index contributed by atoms with van der Waals surface area (Å²) in [7, 11) is 0. The molecule has 0 bridgehead atoms. The van der Waals surface area contributed by atoms with E-state index in [2.05, 4.69) is 5.32 Å². The van der Waals surface area contributed by atoms with Gasteiger partial charge in [-0.3, -0.25) is 4.79 Å². The average molecular weight is 165 g/mol. The predicted octanol–water partition coefficient (Wildman–Crippen LogP) is 1.01. The van der Waals surface area contributed by atoms with Gasteiger partial charge in [-0.2, -0.15) is 0 Å². The van der Waals surface area contributed by atoms with Gasteiger partial charge >= 0.3 is 0 Å². The fourth-order valence-electron chi connectivity index (χ4n) is 0.768. The van der Waals surface area contributed by atoms with Crippen LogP contribution in [0.1, 0.15) is 6.92 Å². The quantitative estimate of drug-likeness (QED) is 0.687. The number of nitrogens with one attached hydrogen (secondary N) is 1. The molecule has 3 nitrogen and oxygen atoms in total. The third-order valence-corrected chi connectivity index (χ3v) is 1.42. The standard InChI is InChI=1S/C9H11NO2/c1-7(11)9(12)10-8-5-3-2-4-6-8/h2-7,11H,1H3,(H,10,12). The SMILES string of the molecule is CC(O)C(=O)Nc1ccccc1. The average Bonchev–Trinajstić information content (AvgIpc) is 2.06. The van der Waals surface area contributed by atoms with Crippen molar-refractivity contribution in [2.45, 2.75) is 13.0 Å². The van der Waals surface area contributed by atoms with E-state index >= 15 is 0 Å². The molecule has 1 aromatic rings. The summed E-state index contributed by atoms with van der Waals surface area (Å²) < 4.78 is 0. The molecule has 0 aliphatic heterocycles. The van der Waals surface area contributed by atoms with Crippen LogP contribution in [0.5, 0.6) is 0 Å². The van der Waals surface area contributed by atoms with Gasteiger partial charge in [-0.15, -0.1) is 0 Å². The molecule has 1 atom stereocenters. The molecule has 0 spiro atoms. The van der Waals surface area contributed by atoms with Gasteiger partial charge < -0.3 is 10.4 Å². The van der Waals surface area contributed by atoms with Crippen molar-refractivity contribution >= 4 is 11.6 Å². The van der Waals surface area contributed by atoms with Gasteiger partial charge in [0, 0.05) is 5.69 Å². The van der Waals surface area contributed by atoms with E-state index in [1.54, 1.807) is 12.1 Å². The predicted molar refractivity (Wildman–Crippen MR) is 46.8 cm³/mol. The van der Waals surface area contributed by atoms with Crippen LogP contribution in [0.25, 0.3) is 0 Å². The number of rotatable bonds is 2. The normalized spacial score (nSPS) is 12.2. The van der Waals surface area contributed by atoms with Crippen LogP contribution in [0.15, 0.2) is 30.3 Å². The summed E-state index contributed by atoms with van der Waals surface area (Å²) in [6.45, 7) is 1.43. The number of anilines is 1. The van der Waals surface area contributed by atoms with E-state index in [1.807, 2.05) is 18.2 Å². The van der Waals surface area contributed by atoms with Gasteiger partial charge in [0.2, 0.25) is 0 Å². The lowest BCUT2D eigenvalue weighted by Crippen LogP contribution is -2.24. The topological polar surface area (TPSA) is 49.3 Å². The summed E-state index contributed by atoms with van der Waals surface area (Å²) in [5, 5.41) is 11.4. The van der Waals surface area contributed by atoms with Gasteiger partial charge in [0.25, 0.3) is 5.91 Å². The Hall–Kier alpha value is -1.35. The second-order valence-electron chi connectivity index (χ2n) is 2.53. The summed E-state index contributed by atoms with van der Waals surface area (Å²) in [4.78, 5) is 11.0. The van der Waals surface area contributed by atoms with E-state index in [0.717, 1.165) is 0 Å². The monoisotopic (exact) mass is 165 g/mol. The van der Waals surface area contributed by atoms with Crippen molar-refractivity contribution in [1.29, 1.82) is 0 Å². The highest BCUT2D eigenvalue weighted by Gasteiger charge is 2.07. The zero-order valence-corrected chi connectivity index (χ0v) is 6.82. The van der Waals surface area contributed by atoms with Gasteiger partial charge in [0.05, 0.1) is 0 Å². The molecule has 3 heteroatoms. The van der Waals surface area contributed by atoms with Crippen molar-refractivity contribution in [3.8, 4) is 0 Å². The maximum atomic E-state index is 11.0. The van der Waals surface area contributed by atoms with Crippen molar-refractivity contribution in [3.63, 3.8) is 0 Å². The highest BCUT2D eigenvalue weighted by Crippen LogP contribution is 2.04. The third kappa shape index (κ3) is 2.36. The van der Waals surface area contributed by atoms with Crippen LogP contribution in [-0.2, 0) is 4.79 Å². The lowest BCUT2D eigenvalue weighted by Gasteiger charge is -2.05. The Bertz CT molecular complexity index is 256. The number of carbonyl (C=O) groups is 1. The van der Waals surface area contributed by atoms with E-state index in [0.29, 0.717) is 5.69 Å². The van der Waals surface area contributed by atoms with Crippen LogP contribution in [-0.4, -0.2) is 17.1 Å². The van der Waals surface area contributed by atoms with Crippen LogP contribution in [0, 0.1) is 0 Å². The van der Waals surface area contributed by atoms with Gasteiger partial charge in [-0.1, -0.05) is 18.2 Å². The molecule has 1 rings (SSSR count). The Balaban J connectivity index is 2.59. The number of carbonyl (C=O) groups excluding carboxylic acids is 1. The lowest BCUT2D eigenvalue weighted by atomic mass is 10.3. The van der Waals surface area contributed by atoms with Gasteiger partial charge in [-0.25, -0.2) is 0 Å². The first-order chi connectivity index (χ1) is 5.70. The second kappa shape index (κ2) is 3.88. The van der Waals surface area contributed by atoms with Gasteiger partial charge in [0.1, 0.15) is 6.10 Å². The first kappa shape index (κ1) is 8.74. The summed E-state index contributed by atoms with van der Waals surface area (Å²) in [6, 6.07) is 9.02. The highest BCUT2D eigenvalue weighted by molar-refractivity contribution is 5.93. The molecule has 1 aromatic carbocycles. The molecule has 0 saturated heterocycles. The number of benzene rings is 1. The Labute approximate surface area is 71.0 Å². The summed E-state index contributed by atoms with van der Waals surface area (Å²) >= 11 is 0. The molecule has 0 fully saturated rings. The van der Waals surface area contributed by atoms with Crippen LogP contribution in [0.2, 0.25) is 0 Å². The molecule has 0 aliphatic rings. The van der Waals surface area contributed by atoms with E-state index in [4.69, 9.17) is 5.11 Å². The van der Waals surface area contributed by atoms with E-state index in [1.165, 1.54) is 6.92 Å². The molecule has 0 heterocycles. The molecular formula is C9H11NO2. The molecule has 0 radical (unpaired) electrons. The first-order valence-corrected chi connectivity index (χ1v) is 3.74. The Morgan fingerprint density at radius 1 is 1.42 bits per heavy atom. The van der Waals surface area contributed by atoms with Crippen molar-refractivity contribution in [1.82, 2.24) is 0 Å². The molecule has 0 aliphatic carbocycles. The molecule has 1 unspecified atom stereocenters. The van der Waals surface area contributed by atoms with E-state index in [-0.39, 0.29) is 5.91 Å². The molecule has 12 heavy (non-hydrogen) atoms. The Kier molecular flexibility index (Phi) is 2.82. The number of hydrogen-bond donors (Lipinski definition) is 2. The highest BCUT2D eigenvalue weighted by atomic mass is 16.3. The van der Waals surface area contributed by atoms with Crippen LogP contribution < -0.4 is 5.32 Å². The van der Waals surface area contributed by atoms with E-state index in [9.17, 15) is 4.79 Å². The first-order valence-electron chi connectivity index (χ1n) is 3.74. The largest absolute Gasteiger partial charge is 0.384 e. The zero-order chi connectivity index (χ0) is 8.97. The second-order valence-corrected chi connectivity index (χ2v) is 2.53. The summed E-state index contributed by atoms with van der Waals surface area (Å²) in [5.74, 6) is -0.388. The van der Waals surface area contributed by atoms with Crippen LogP contribution >= 0.6 is 0 Å². The number of para-hydroxylation sites is 1. The van der Waals surface area contributed by atoms with Gasteiger partial charge in [0.15, 0.2) is 0 Å². The Morgan fingerprint density at radius 3 is 2.50 bits per heavy atom. The minimum Gasteiger partial charge on any atom is -0.384 e. The number of hydrogen-bond acceptors (Lipinski definition) is 2. The Morgan fingerprint density at radius 2 is 2.00 bits per heavy atom. The number of aliphatic hydroxyl groups is 1. The molecular weight excluding hydrogens is 154 g/mol. The third-order valence-electron chi connectivity index (χ3n) is 1.42. The lowest BCUT2D eigenvalue weighted by molar-refractivity contribution is -0.123. The molecule has 0 aromatic heterocycles. The van der Waals surface area contributed by atoms with Crippen molar-refractivity contribution in [2.24, 2.45) is 0 Å². The van der Waals surface area contributed by atoms with Crippen molar-refractivity contribution < 1.29 is 9.90 Å². The molecule has 0 saturated carbocycles. The number of amides is 1. The zero-order valence-electron chi connectivity index (χ0n) is 6.82. The minimum absolute atomic E-state index is 0.388. The maximum Gasteiger partial charge on any atom is 0.252 e. The van der Waals surface area contributed by atoms with Crippen molar-refractivity contribution in [2.75, 3.05) is 5.32 Å². The fourth-order valence-corrected chi connectivity index (χ4v) is 0.768. The van der Waals surface area contributed by atoms with Crippen molar-refractivity contribution in [3.05, 3.63) is 30.3 Å². The van der Waals surface area contributed by atoms with Crippen LogP contribution in [0.3, 0.4) is 0 Å². The van der Waals surface area contributed by atoms with Crippen LogP contribution in [0.4, 0.5) is 5.69 Å². The smallest absolute Gasteiger partial charge is 0.252 e. The minimum atomic E-state index is -0.967. The fraction of sp³-hybridized carbons (Fsp3) is 0.222. The maximum absolute atomic E-state index is 11.0. The number of aliphatic hydroxyl groups excluding tert-OH is 1. The molecule has 64 valence electrons. The summed E-state index contributed by atoms with van der Waals surface area (Å²) in [6.07, 6.45) is -0.967. The molecule has 1 amide bonds. The summed E-state index contributed by atoms with van der Waals surface area (Å²) in [5.41, 5.74) is 0.698. The molecule has 2 N–H and O–H groups in total. The van der Waals surface area contributed by atoms with Gasteiger partial charge in [-0.05, 0) is 19.1 Å².